The maximum Gasteiger partial charge on any atom is 0.136 e. The van der Waals surface area contributed by atoms with E-state index in [2.05, 4.69) is 33.5 Å². The molecule has 0 bridgehead atoms. The van der Waals surface area contributed by atoms with Crippen LogP contribution in [-0.2, 0) is 0 Å². The van der Waals surface area contributed by atoms with Crippen molar-refractivity contribution in [2.24, 2.45) is 11.1 Å². The van der Waals surface area contributed by atoms with Crippen LogP contribution < -0.4 is 5.32 Å². The van der Waals surface area contributed by atoms with Crippen molar-refractivity contribution < 1.29 is 0 Å². The average molecular weight is 368 g/mol. The van der Waals surface area contributed by atoms with Gasteiger partial charge in [-0.25, -0.2) is 4.98 Å². The van der Waals surface area contributed by atoms with E-state index >= 15 is 0 Å². The molecule has 1 fully saturated rings. The van der Waals surface area contributed by atoms with Crippen LogP contribution in [0.1, 0.15) is 31.7 Å². The van der Waals surface area contributed by atoms with Gasteiger partial charge in [-0.05, 0) is 37.3 Å². The van der Waals surface area contributed by atoms with Gasteiger partial charge in [0.2, 0.25) is 0 Å². The molecule has 0 amide bonds. The first kappa shape index (κ1) is 16.8. The molecule has 1 aliphatic rings. The number of aromatic amines is 1. The molecule has 0 radical (unpaired) electrons. The van der Waals surface area contributed by atoms with E-state index < -0.39 is 0 Å². The predicted molar refractivity (Wildman–Crippen MR) is 103 cm³/mol. The van der Waals surface area contributed by atoms with E-state index in [1.807, 2.05) is 18.2 Å². The molecule has 7 heteroatoms. The number of anilines is 1. The van der Waals surface area contributed by atoms with Gasteiger partial charge < -0.3 is 10.3 Å². The highest BCUT2D eigenvalue weighted by molar-refractivity contribution is 6.31. The van der Waals surface area contributed by atoms with E-state index in [9.17, 15) is 10.2 Å². The number of pyridine rings is 1. The number of fused-ring (bicyclic) bond motifs is 3. The second-order valence-electron chi connectivity index (χ2n) is 7.00. The Morgan fingerprint density at radius 3 is 3.00 bits per heavy atom. The first-order chi connectivity index (χ1) is 12.6. The van der Waals surface area contributed by atoms with Gasteiger partial charge in [-0.2, -0.15) is 10.2 Å². The number of halogens is 1. The van der Waals surface area contributed by atoms with Crippen LogP contribution in [0, 0.1) is 22.2 Å². The molecule has 132 valence electrons. The summed E-state index contributed by atoms with van der Waals surface area (Å²) in [5, 5.41) is 18.7. The molecule has 1 aliphatic carbocycles. The summed E-state index contributed by atoms with van der Waals surface area (Å²) >= 11 is 6.11. The quantitative estimate of drug-likeness (QED) is 0.638. The van der Waals surface area contributed by atoms with Crippen molar-refractivity contribution in [3.63, 3.8) is 0 Å². The second-order valence-corrected chi connectivity index (χ2v) is 7.43. The molecule has 26 heavy (non-hydrogen) atoms. The summed E-state index contributed by atoms with van der Waals surface area (Å²) in [7, 11) is 0. The molecule has 6 nitrogen and oxygen atoms in total. The van der Waals surface area contributed by atoms with E-state index in [-0.39, 0.29) is 12.1 Å². The molecule has 2 N–H and O–H groups in total. The Balaban J connectivity index is 1.79. The molecular weight excluding hydrogens is 350 g/mol. The van der Waals surface area contributed by atoms with Crippen LogP contribution >= 0.6 is 11.6 Å². The van der Waals surface area contributed by atoms with Crippen LogP contribution in [0.3, 0.4) is 0 Å². The summed E-state index contributed by atoms with van der Waals surface area (Å²) < 4.78 is 0. The molecule has 3 aromatic rings. The molecule has 4 rings (SSSR count). The number of benzene rings is 1. The highest BCUT2D eigenvalue weighted by Crippen LogP contribution is 2.35. The number of hydrogen-bond acceptors (Lipinski definition) is 5. The zero-order valence-electron chi connectivity index (χ0n) is 14.3. The Labute approximate surface area is 155 Å². The minimum absolute atomic E-state index is 0.0905. The second kappa shape index (κ2) is 6.58. The smallest absolute Gasteiger partial charge is 0.136 e. The van der Waals surface area contributed by atoms with Crippen molar-refractivity contribution in [2.45, 2.75) is 38.3 Å². The number of nitroso groups, excluding NO2 is 1. The number of H-pyrrole nitrogens is 1. The maximum absolute atomic E-state index is 10.8. The van der Waals surface area contributed by atoms with Crippen molar-refractivity contribution in [3.8, 4) is 6.07 Å². The lowest BCUT2D eigenvalue weighted by Crippen LogP contribution is -2.35. The van der Waals surface area contributed by atoms with Crippen molar-refractivity contribution in [1.29, 1.82) is 5.26 Å². The fraction of sp³-hybridized carbons (Fsp3) is 0.368. The van der Waals surface area contributed by atoms with Gasteiger partial charge in [0, 0.05) is 28.2 Å². The van der Waals surface area contributed by atoms with Crippen molar-refractivity contribution >= 4 is 39.2 Å². The summed E-state index contributed by atoms with van der Waals surface area (Å²) in [6.45, 7) is 2.13. The van der Waals surface area contributed by atoms with E-state index in [0.29, 0.717) is 16.5 Å². The van der Waals surface area contributed by atoms with Gasteiger partial charge >= 0.3 is 0 Å². The number of hydrogen-bond donors (Lipinski definition) is 2. The number of nitriles is 1. The molecule has 3 atom stereocenters. The van der Waals surface area contributed by atoms with Gasteiger partial charge in [-0.15, -0.1) is 0 Å². The van der Waals surface area contributed by atoms with Crippen LogP contribution in [0.2, 0.25) is 5.02 Å². The van der Waals surface area contributed by atoms with Crippen molar-refractivity contribution in [3.05, 3.63) is 39.9 Å². The normalized spacial score (nSPS) is 23.0. The predicted octanol–water partition coefficient (Wildman–Crippen LogP) is 4.98. The first-order valence-electron chi connectivity index (χ1n) is 8.69. The Morgan fingerprint density at radius 1 is 1.42 bits per heavy atom. The van der Waals surface area contributed by atoms with Gasteiger partial charge in [-0.1, -0.05) is 29.8 Å². The fourth-order valence-electron chi connectivity index (χ4n) is 3.92. The van der Waals surface area contributed by atoms with E-state index in [0.717, 1.165) is 46.9 Å². The van der Waals surface area contributed by atoms with Crippen LogP contribution in [0.25, 0.3) is 21.8 Å². The Hall–Kier alpha value is -2.65. The Kier molecular flexibility index (Phi) is 4.25. The highest BCUT2D eigenvalue weighted by Gasteiger charge is 2.29. The van der Waals surface area contributed by atoms with E-state index in [1.165, 1.54) is 0 Å². The molecule has 1 unspecified atom stereocenters. The third-order valence-corrected chi connectivity index (χ3v) is 5.56. The zero-order chi connectivity index (χ0) is 18.3. The molecule has 0 saturated heterocycles. The summed E-state index contributed by atoms with van der Waals surface area (Å²) in [5.74, 6) is 1.07. The van der Waals surface area contributed by atoms with Gasteiger partial charge in [0.15, 0.2) is 0 Å². The minimum atomic E-state index is -0.0905. The molecule has 2 heterocycles. The van der Waals surface area contributed by atoms with Crippen molar-refractivity contribution in [2.75, 3.05) is 5.32 Å². The van der Waals surface area contributed by atoms with Gasteiger partial charge in [0.1, 0.15) is 11.9 Å². The maximum atomic E-state index is 10.8. The molecule has 2 aromatic heterocycles. The van der Waals surface area contributed by atoms with Crippen molar-refractivity contribution in [1.82, 2.24) is 9.97 Å². The summed E-state index contributed by atoms with van der Waals surface area (Å²) in [6, 6.07) is 7.96. The van der Waals surface area contributed by atoms with E-state index in [4.69, 9.17) is 11.6 Å². The third kappa shape index (κ3) is 2.78. The van der Waals surface area contributed by atoms with Crippen LogP contribution in [-0.4, -0.2) is 22.1 Å². The third-order valence-electron chi connectivity index (χ3n) is 5.32. The lowest BCUT2D eigenvalue weighted by molar-refractivity contribution is 0.315. The Morgan fingerprint density at radius 2 is 2.27 bits per heavy atom. The van der Waals surface area contributed by atoms with Crippen LogP contribution in [0.4, 0.5) is 5.82 Å². The highest BCUT2D eigenvalue weighted by atomic mass is 35.5. The molecule has 1 saturated carbocycles. The summed E-state index contributed by atoms with van der Waals surface area (Å²) in [5.41, 5.74) is 2.14. The van der Waals surface area contributed by atoms with Crippen LogP contribution in [0.15, 0.2) is 29.6 Å². The molecule has 1 aromatic carbocycles. The lowest BCUT2D eigenvalue weighted by Gasteiger charge is -2.32. The summed E-state index contributed by atoms with van der Waals surface area (Å²) in [4.78, 5) is 18.6. The van der Waals surface area contributed by atoms with Crippen LogP contribution in [0.5, 0.6) is 0 Å². The molecular formula is C19H18ClN5O. The zero-order valence-corrected chi connectivity index (χ0v) is 15.0. The molecule has 0 spiro atoms. The largest absolute Gasteiger partial charge is 0.366 e. The Bertz CT molecular complexity index is 1040. The lowest BCUT2D eigenvalue weighted by atomic mass is 9.83. The van der Waals surface area contributed by atoms with Gasteiger partial charge in [-0.3, -0.25) is 0 Å². The SMILES string of the molecule is C[C@@H]1C[C@H](N=O)CCC1Nc1ncc(C#N)c2[nH]c3cc(Cl)ccc3c12. The number of nitrogens with one attached hydrogen (secondary N) is 2. The number of nitrogens with zero attached hydrogens (tertiary/aromatic N) is 3. The minimum Gasteiger partial charge on any atom is -0.366 e. The monoisotopic (exact) mass is 367 g/mol. The molecule has 0 aliphatic heterocycles. The van der Waals surface area contributed by atoms with Gasteiger partial charge in [0.05, 0.1) is 22.5 Å². The fourth-order valence-corrected chi connectivity index (χ4v) is 4.10. The average Bonchev–Trinajstić information content (AvgIpc) is 3.02. The first-order valence-corrected chi connectivity index (χ1v) is 9.07. The summed E-state index contributed by atoms with van der Waals surface area (Å²) in [6.07, 6.45) is 4.03. The van der Waals surface area contributed by atoms with Gasteiger partial charge in [0.25, 0.3) is 0 Å². The topological polar surface area (TPSA) is 93.9 Å². The number of aromatic nitrogens is 2. The van der Waals surface area contributed by atoms with E-state index in [1.54, 1.807) is 6.20 Å². The number of rotatable bonds is 3. The standard InChI is InChI=1S/C19H18ClN5O/c1-10-6-13(25-26)3-5-15(10)24-19-17-14-4-2-12(20)7-16(14)23-18(17)11(8-21)9-22-19/h2,4,7,9-10,13,15,23H,3,5-6H2,1H3,(H,22,24)/t10-,13-,15?/m1/s1.